The van der Waals surface area contributed by atoms with Crippen molar-refractivity contribution in [3.05, 3.63) is 63.8 Å². The van der Waals surface area contributed by atoms with Crippen LogP contribution in [0.1, 0.15) is 21.6 Å². The maximum atomic E-state index is 12.4. The molecule has 1 amide bonds. The highest BCUT2D eigenvalue weighted by molar-refractivity contribution is 9.10. The average molecular weight is 417 g/mol. The molecular formula is C18H17BrN4O3. The quantitative estimate of drug-likeness (QED) is 0.665. The van der Waals surface area contributed by atoms with Crippen LogP contribution >= 0.6 is 15.9 Å². The normalized spacial score (nSPS) is 10.6. The summed E-state index contributed by atoms with van der Waals surface area (Å²) in [6, 6.07) is 12.8. The summed E-state index contributed by atoms with van der Waals surface area (Å²) in [7, 11) is 1.59. The van der Waals surface area contributed by atoms with Crippen molar-refractivity contribution in [2.45, 2.75) is 13.5 Å². The van der Waals surface area contributed by atoms with E-state index < -0.39 is 5.91 Å². The third-order valence-corrected chi connectivity index (χ3v) is 4.35. The van der Waals surface area contributed by atoms with E-state index in [2.05, 4.69) is 31.6 Å². The molecule has 134 valence electrons. The van der Waals surface area contributed by atoms with E-state index >= 15 is 0 Å². The molecule has 0 saturated carbocycles. The Kier molecular flexibility index (Phi) is 5.22. The summed E-state index contributed by atoms with van der Waals surface area (Å²) >= 11 is 3.38. The summed E-state index contributed by atoms with van der Waals surface area (Å²) in [6.07, 6.45) is 0. The summed E-state index contributed by atoms with van der Waals surface area (Å²) in [6.45, 7) is 2.16. The molecule has 0 atom stereocenters. The molecule has 2 N–H and O–H groups in total. The van der Waals surface area contributed by atoms with Crippen molar-refractivity contribution >= 4 is 27.5 Å². The molecule has 0 aliphatic heterocycles. The lowest BCUT2D eigenvalue weighted by Crippen LogP contribution is -2.13. The van der Waals surface area contributed by atoms with Crippen LogP contribution in [0.2, 0.25) is 0 Å². The van der Waals surface area contributed by atoms with Crippen molar-refractivity contribution in [2.75, 3.05) is 12.4 Å². The first-order valence-electron chi connectivity index (χ1n) is 7.81. The number of methoxy groups -OCH3 is 1. The number of nitrogens with one attached hydrogen (secondary N) is 1. The van der Waals surface area contributed by atoms with Crippen molar-refractivity contribution in [1.82, 2.24) is 15.0 Å². The van der Waals surface area contributed by atoms with Crippen molar-refractivity contribution < 1.29 is 14.6 Å². The van der Waals surface area contributed by atoms with Crippen LogP contribution in [0.5, 0.6) is 11.6 Å². The van der Waals surface area contributed by atoms with Gasteiger partial charge in [-0.3, -0.25) is 4.79 Å². The number of amides is 1. The Hall–Kier alpha value is -2.87. The zero-order valence-corrected chi connectivity index (χ0v) is 15.8. The van der Waals surface area contributed by atoms with E-state index in [0.29, 0.717) is 5.69 Å². The monoisotopic (exact) mass is 416 g/mol. The second kappa shape index (κ2) is 7.57. The summed E-state index contributed by atoms with van der Waals surface area (Å²) in [5.74, 6) is -0.0662. The van der Waals surface area contributed by atoms with E-state index in [1.165, 1.54) is 4.68 Å². The Morgan fingerprint density at radius 1 is 1.27 bits per heavy atom. The van der Waals surface area contributed by atoms with Gasteiger partial charge in [-0.05, 0) is 48.4 Å². The predicted octanol–water partition coefficient (Wildman–Crippen LogP) is 3.36. The Morgan fingerprint density at radius 2 is 2.00 bits per heavy atom. The topological polar surface area (TPSA) is 89.3 Å². The number of nitrogens with zero attached hydrogens (tertiary/aromatic N) is 3. The maximum absolute atomic E-state index is 12.4. The Labute approximate surface area is 158 Å². The third-order valence-electron chi connectivity index (χ3n) is 3.85. The Morgan fingerprint density at radius 3 is 2.65 bits per heavy atom. The molecule has 0 fully saturated rings. The van der Waals surface area contributed by atoms with Gasteiger partial charge in [-0.1, -0.05) is 33.3 Å². The molecule has 0 saturated heterocycles. The van der Waals surface area contributed by atoms with E-state index in [4.69, 9.17) is 4.74 Å². The largest absolute Gasteiger partial charge is 0.497 e. The number of carbonyl (C=O) groups excluding carboxylic acids is 1. The van der Waals surface area contributed by atoms with Crippen molar-refractivity contribution in [2.24, 2.45) is 0 Å². The summed E-state index contributed by atoms with van der Waals surface area (Å²) in [4.78, 5) is 12.4. The van der Waals surface area contributed by atoms with Crippen LogP contribution in [0.3, 0.4) is 0 Å². The number of ether oxygens (including phenoxy) is 1. The van der Waals surface area contributed by atoms with E-state index in [1.54, 1.807) is 13.2 Å². The van der Waals surface area contributed by atoms with Crippen LogP contribution in [0, 0.1) is 6.92 Å². The van der Waals surface area contributed by atoms with E-state index in [9.17, 15) is 9.90 Å². The van der Waals surface area contributed by atoms with Crippen molar-refractivity contribution in [3.8, 4) is 11.6 Å². The highest BCUT2D eigenvalue weighted by atomic mass is 79.9. The lowest BCUT2D eigenvalue weighted by molar-refractivity contribution is 0.101. The summed E-state index contributed by atoms with van der Waals surface area (Å²) in [5, 5.41) is 20.7. The zero-order chi connectivity index (χ0) is 18.7. The molecule has 0 aliphatic rings. The fourth-order valence-electron chi connectivity index (χ4n) is 2.41. The zero-order valence-electron chi connectivity index (χ0n) is 14.2. The van der Waals surface area contributed by atoms with Gasteiger partial charge in [0.05, 0.1) is 13.7 Å². The van der Waals surface area contributed by atoms with Gasteiger partial charge in [0.2, 0.25) is 11.6 Å². The van der Waals surface area contributed by atoms with Gasteiger partial charge in [0, 0.05) is 10.2 Å². The molecule has 26 heavy (non-hydrogen) atoms. The Bertz CT molecular complexity index is 938. The molecule has 0 aliphatic carbocycles. The number of carbonyl (C=O) groups is 1. The van der Waals surface area contributed by atoms with Crippen molar-refractivity contribution in [1.29, 1.82) is 0 Å². The van der Waals surface area contributed by atoms with Crippen LogP contribution in [0.25, 0.3) is 0 Å². The van der Waals surface area contributed by atoms with Gasteiger partial charge in [-0.15, -0.1) is 5.10 Å². The highest BCUT2D eigenvalue weighted by Gasteiger charge is 2.20. The van der Waals surface area contributed by atoms with E-state index in [1.807, 2.05) is 43.3 Å². The number of halogens is 1. The van der Waals surface area contributed by atoms with Crippen LogP contribution in [-0.2, 0) is 6.54 Å². The maximum Gasteiger partial charge on any atom is 0.281 e. The minimum Gasteiger partial charge on any atom is -0.497 e. The first kappa shape index (κ1) is 17.9. The van der Waals surface area contributed by atoms with Gasteiger partial charge in [0.25, 0.3) is 5.91 Å². The van der Waals surface area contributed by atoms with Gasteiger partial charge in [0.1, 0.15) is 5.75 Å². The molecule has 0 spiro atoms. The Balaban J connectivity index is 1.76. The van der Waals surface area contributed by atoms with Gasteiger partial charge >= 0.3 is 0 Å². The molecule has 1 heterocycles. The first-order chi connectivity index (χ1) is 12.5. The molecule has 0 radical (unpaired) electrons. The number of rotatable bonds is 5. The number of anilines is 1. The molecule has 3 rings (SSSR count). The van der Waals surface area contributed by atoms with E-state index in [0.717, 1.165) is 21.3 Å². The molecule has 0 bridgehead atoms. The lowest BCUT2D eigenvalue weighted by atomic mass is 10.2. The molecule has 7 nitrogen and oxygen atoms in total. The highest BCUT2D eigenvalue weighted by Crippen LogP contribution is 2.22. The second-order valence-electron chi connectivity index (χ2n) is 5.68. The molecule has 1 aromatic heterocycles. The number of aromatic hydroxyl groups is 1. The van der Waals surface area contributed by atoms with Gasteiger partial charge in [-0.25, -0.2) is 4.68 Å². The molecule has 2 aromatic carbocycles. The fourth-order valence-corrected chi connectivity index (χ4v) is 2.89. The number of benzene rings is 2. The van der Waals surface area contributed by atoms with Crippen LogP contribution in [-0.4, -0.2) is 33.1 Å². The average Bonchev–Trinajstić information content (AvgIpc) is 2.99. The summed E-state index contributed by atoms with van der Waals surface area (Å²) < 4.78 is 7.30. The van der Waals surface area contributed by atoms with Gasteiger partial charge < -0.3 is 15.2 Å². The molecule has 3 aromatic rings. The van der Waals surface area contributed by atoms with Crippen LogP contribution in [0.4, 0.5) is 5.69 Å². The number of aromatic nitrogens is 3. The third kappa shape index (κ3) is 3.85. The summed E-state index contributed by atoms with van der Waals surface area (Å²) in [5.41, 5.74) is 2.29. The number of hydrogen-bond donors (Lipinski definition) is 2. The fraction of sp³-hybridized carbons (Fsp3) is 0.167. The standard InChI is InChI=1S/C18H17BrN4O3/c1-11-9-13(19)5-8-15(11)20-17(24)16-18(25)23(22-21-16)10-12-3-6-14(26-2)7-4-12/h3-9,25H,10H2,1-2H3,(H,20,24). The number of aryl methyl sites for hydroxylation is 1. The number of hydrogen-bond acceptors (Lipinski definition) is 5. The minimum absolute atomic E-state index is 0.124. The van der Waals surface area contributed by atoms with Crippen LogP contribution < -0.4 is 10.1 Å². The first-order valence-corrected chi connectivity index (χ1v) is 8.60. The van der Waals surface area contributed by atoms with Crippen LogP contribution in [0.15, 0.2) is 46.9 Å². The predicted molar refractivity (Wildman–Crippen MR) is 101 cm³/mol. The molecule has 8 heteroatoms. The smallest absolute Gasteiger partial charge is 0.281 e. The minimum atomic E-state index is -0.520. The SMILES string of the molecule is COc1ccc(Cn2nnc(C(=O)Nc3ccc(Br)cc3C)c2O)cc1. The van der Waals surface area contributed by atoms with Gasteiger partial charge in [-0.2, -0.15) is 0 Å². The van der Waals surface area contributed by atoms with Crippen molar-refractivity contribution in [3.63, 3.8) is 0 Å². The molecule has 0 unspecified atom stereocenters. The van der Waals surface area contributed by atoms with Gasteiger partial charge in [0.15, 0.2) is 0 Å². The molecular weight excluding hydrogens is 400 g/mol. The lowest BCUT2D eigenvalue weighted by Gasteiger charge is -2.07. The second-order valence-corrected chi connectivity index (χ2v) is 6.60. The van der Waals surface area contributed by atoms with E-state index in [-0.39, 0.29) is 18.1 Å².